The van der Waals surface area contributed by atoms with Crippen molar-refractivity contribution in [2.75, 3.05) is 0 Å². The van der Waals surface area contributed by atoms with Crippen molar-refractivity contribution in [3.63, 3.8) is 0 Å². The molecule has 88 valence electrons. The number of nitrogens with one attached hydrogen (secondary N) is 2. The average Bonchev–Trinajstić information content (AvgIpc) is 2.76. The molecule has 8 heteroatoms. The molecular formula is C8H13N5O3. The van der Waals surface area contributed by atoms with E-state index in [4.69, 9.17) is 5.11 Å². The lowest BCUT2D eigenvalue weighted by molar-refractivity contribution is -0.139. The summed E-state index contributed by atoms with van der Waals surface area (Å²) in [6.45, 7) is 1.94. The van der Waals surface area contributed by atoms with Crippen LogP contribution in [0.4, 0.5) is 0 Å². The van der Waals surface area contributed by atoms with Crippen LogP contribution in [0.1, 0.15) is 36.8 Å². The zero-order valence-electron chi connectivity index (χ0n) is 8.80. The predicted molar refractivity (Wildman–Crippen MR) is 52.6 cm³/mol. The maximum atomic E-state index is 11.4. The molecule has 1 amide bonds. The highest BCUT2D eigenvalue weighted by atomic mass is 16.4. The Morgan fingerprint density at radius 3 is 2.81 bits per heavy atom. The van der Waals surface area contributed by atoms with Gasteiger partial charge in [-0.3, -0.25) is 4.79 Å². The second-order valence-corrected chi connectivity index (χ2v) is 3.24. The van der Waals surface area contributed by atoms with Gasteiger partial charge >= 0.3 is 5.97 Å². The lowest BCUT2D eigenvalue weighted by Crippen LogP contribution is -2.41. The molecule has 0 saturated carbocycles. The number of aliphatic carboxylic acids is 1. The zero-order valence-corrected chi connectivity index (χ0v) is 8.80. The van der Waals surface area contributed by atoms with E-state index < -0.39 is 17.9 Å². The lowest BCUT2D eigenvalue weighted by Gasteiger charge is -2.12. The van der Waals surface area contributed by atoms with E-state index in [-0.39, 0.29) is 5.82 Å². The van der Waals surface area contributed by atoms with Gasteiger partial charge in [-0.25, -0.2) is 4.79 Å². The first kappa shape index (κ1) is 12.1. The number of unbranched alkanes of at least 4 members (excludes halogenated alkanes) is 1. The van der Waals surface area contributed by atoms with Crippen LogP contribution < -0.4 is 5.32 Å². The second kappa shape index (κ2) is 5.79. The Morgan fingerprint density at radius 2 is 2.31 bits per heavy atom. The molecule has 0 radical (unpaired) electrons. The standard InChI is InChI=1S/C8H13N5O3/c1-2-3-4-5(8(15)16)9-7(14)6-10-12-13-11-6/h5H,2-4H2,1H3,(H,9,14)(H,15,16)(H,10,11,12,13)/t5-/m0/s1. The Labute approximate surface area is 91.4 Å². The molecule has 8 nitrogen and oxygen atoms in total. The third-order valence-corrected chi connectivity index (χ3v) is 2.00. The first-order valence-electron chi connectivity index (χ1n) is 4.92. The fourth-order valence-corrected chi connectivity index (χ4v) is 1.15. The maximum absolute atomic E-state index is 11.4. The fraction of sp³-hybridized carbons (Fsp3) is 0.625. The predicted octanol–water partition coefficient (Wildman–Crippen LogP) is -0.427. The summed E-state index contributed by atoms with van der Waals surface area (Å²) in [5, 5.41) is 23.4. The molecule has 0 spiro atoms. The number of aromatic amines is 1. The summed E-state index contributed by atoms with van der Waals surface area (Å²) in [6.07, 6.45) is 1.97. The van der Waals surface area contributed by atoms with E-state index in [9.17, 15) is 9.59 Å². The number of aromatic nitrogens is 4. The van der Waals surface area contributed by atoms with Gasteiger partial charge in [-0.15, -0.1) is 10.2 Å². The third kappa shape index (κ3) is 3.30. The second-order valence-electron chi connectivity index (χ2n) is 3.24. The first-order chi connectivity index (χ1) is 7.65. The fourth-order valence-electron chi connectivity index (χ4n) is 1.15. The number of carbonyl (C=O) groups excluding carboxylic acids is 1. The lowest BCUT2D eigenvalue weighted by atomic mass is 10.1. The molecule has 0 aliphatic carbocycles. The normalized spacial score (nSPS) is 12.1. The number of carbonyl (C=O) groups is 2. The number of amides is 1. The molecule has 3 N–H and O–H groups in total. The molecule has 0 bridgehead atoms. The van der Waals surface area contributed by atoms with Crippen LogP contribution in [0.3, 0.4) is 0 Å². The van der Waals surface area contributed by atoms with Gasteiger partial charge in [0.25, 0.3) is 11.7 Å². The summed E-state index contributed by atoms with van der Waals surface area (Å²) in [4.78, 5) is 22.3. The Kier molecular flexibility index (Phi) is 4.37. The van der Waals surface area contributed by atoms with Crippen LogP contribution in [-0.4, -0.2) is 43.6 Å². The summed E-state index contributed by atoms with van der Waals surface area (Å²) in [5.41, 5.74) is 0. The van der Waals surface area contributed by atoms with E-state index in [0.717, 1.165) is 12.8 Å². The number of carboxylic acid groups (broad SMARTS) is 1. The highest BCUT2D eigenvalue weighted by molar-refractivity contribution is 5.93. The van der Waals surface area contributed by atoms with Crippen LogP contribution in [0.15, 0.2) is 0 Å². The van der Waals surface area contributed by atoms with Crippen molar-refractivity contribution >= 4 is 11.9 Å². The minimum atomic E-state index is -1.06. The van der Waals surface area contributed by atoms with Crippen molar-refractivity contribution in [2.24, 2.45) is 0 Å². The monoisotopic (exact) mass is 227 g/mol. The van der Waals surface area contributed by atoms with Crippen molar-refractivity contribution in [1.82, 2.24) is 25.9 Å². The molecule has 1 atom stereocenters. The van der Waals surface area contributed by atoms with Crippen molar-refractivity contribution < 1.29 is 14.7 Å². The van der Waals surface area contributed by atoms with E-state index in [1.54, 1.807) is 0 Å². The van der Waals surface area contributed by atoms with Crippen molar-refractivity contribution in [2.45, 2.75) is 32.2 Å². The van der Waals surface area contributed by atoms with Crippen LogP contribution in [0.25, 0.3) is 0 Å². The van der Waals surface area contributed by atoms with Gasteiger partial charge in [0.1, 0.15) is 6.04 Å². The molecule has 0 aromatic carbocycles. The number of hydrogen-bond acceptors (Lipinski definition) is 5. The number of rotatable bonds is 6. The summed E-state index contributed by atoms with van der Waals surface area (Å²) in [7, 11) is 0. The highest BCUT2D eigenvalue weighted by Crippen LogP contribution is 2.01. The Bertz CT molecular complexity index is 351. The zero-order chi connectivity index (χ0) is 12.0. The topological polar surface area (TPSA) is 121 Å². The molecule has 1 aromatic rings. The van der Waals surface area contributed by atoms with E-state index in [2.05, 4.69) is 25.9 Å². The van der Waals surface area contributed by atoms with Gasteiger partial charge < -0.3 is 10.4 Å². The van der Waals surface area contributed by atoms with Gasteiger partial charge in [0.2, 0.25) is 0 Å². The number of nitrogens with zero attached hydrogens (tertiary/aromatic N) is 3. The Hall–Kier alpha value is -1.99. The minimum Gasteiger partial charge on any atom is -0.480 e. The van der Waals surface area contributed by atoms with Crippen molar-refractivity contribution in [3.8, 4) is 0 Å². The minimum absolute atomic E-state index is 0.164. The van der Waals surface area contributed by atoms with Crippen molar-refractivity contribution in [3.05, 3.63) is 5.82 Å². The molecule has 16 heavy (non-hydrogen) atoms. The van der Waals surface area contributed by atoms with Crippen molar-refractivity contribution in [1.29, 1.82) is 0 Å². The van der Waals surface area contributed by atoms with Crippen LogP contribution in [-0.2, 0) is 4.79 Å². The van der Waals surface area contributed by atoms with E-state index in [0.29, 0.717) is 6.42 Å². The SMILES string of the molecule is CCCC[C@H](NC(=O)c1nn[nH]n1)C(=O)O. The quantitative estimate of drug-likeness (QED) is 0.606. The van der Waals surface area contributed by atoms with Gasteiger partial charge in [0.05, 0.1) is 0 Å². The molecule has 1 rings (SSSR count). The van der Waals surface area contributed by atoms with Crippen LogP contribution in [0, 0.1) is 0 Å². The molecule has 0 aliphatic rings. The summed E-state index contributed by atoms with van der Waals surface area (Å²) < 4.78 is 0. The van der Waals surface area contributed by atoms with Gasteiger partial charge in [-0.05, 0) is 11.6 Å². The molecule has 0 aliphatic heterocycles. The molecule has 0 saturated heterocycles. The van der Waals surface area contributed by atoms with Crippen LogP contribution in [0.5, 0.6) is 0 Å². The van der Waals surface area contributed by atoms with Gasteiger partial charge in [-0.2, -0.15) is 5.21 Å². The number of carboxylic acids is 1. The summed E-state index contributed by atoms with van der Waals surface area (Å²) in [6, 6.07) is -0.911. The third-order valence-electron chi connectivity index (χ3n) is 2.00. The van der Waals surface area contributed by atoms with Crippen LogP contribution in [0.2, 0.25) is 0 Å². The summed E-state index contributed by atoms with van der Waals surface area (Å²) in [5.74, 6) is -1.87. The van der Waals surface area contributed by atoms with E-state index >= 15 is 0 Å². The van der Waals surface area contributed by atoms with Gasteiger partial charge in [-0.1, -0.05) is 19.8 Å². The number of tetrazole rings is 1. The number of H-pyrrole nitrogens is 1. The Balaban J connectivity index is 2.54. The van der Waals surface area contributed by atoms with E-state index in [1.807, 2.05) is 6.92 Å². The molecule has 1 heterocycles. The first-order valence-corrected chi connectivity index (χ1v) is 4.92. The molecule has 1 aromatic heterocycles. The molecule has 0 fully saturated rings. The van der Waals surface area contributed by atoms with Crippen LogP contribution >= 0.6 is 0 Å². The number of hydrogen-bond donors (Lipinski definition) is 3. The average molecular weight is 227 g/mol. The smallest absolute Gasteiger partial charge is 0.326 e. The van der Waals surface area contributed by atoms with Gasteiger partial charge in [0.15, 0.2) is 0 Å². The Morgan fingerprint density at radius 1 is 1.56 bits per heavy atom. The molecule has 0 unspecified atom stereocenters. The van der Waals surface area contributed by atoms with E-state index in [1.165, 1.54) is 0 Å². The largest absolute Gasteiger partial charge is 0.480 e. The highest BCUT2D eigenvalue weighted by Gasteiger charge is 2.21. The van der Waals surface area contributed by atoms with Gasteiger partial charge in [0, 0.05) is 0 Å². The molecular weight excluding hydrogens is 214 g/mol. The summed E-state index contributed by atoms with van der Waals surface area (Å²) >= 11 is 0. The maximum Gasteiger partial charge on any atom is 0.326 e.